The first-order valence-corrected chi connectivity index (χ1v) is 7.31. The number of hydrogen-bond donors (Lipinski definition) is 1. The van der Waals surface area contributed by atoms with Gasteiger partial charge < -0.3 is 5.32 Å². The maximum absolute atomic E-state index is 4.66. The predicted octanol–water partition coefficient (Wildman–Crippen LogP) is 2.45. The quantitative estimate of drug-likeness (QED) is 0.920. The number of nitrogens with one attached hydrogen (secondary N) is 1. The molecule has 0 bridgehead atoms. The monoisotopic (exact) mass is 262 g/mol. The van der Waals surface area contributed by atoms with E-state index in [1.807, 2.05) is 5.51 Å². The van der Waals surface area contributed by atoms with Gasteiger partial charge in [0.05, 0.1) is 16.9 Å². The molecule has 18 heavy (non-hydrogen) atoms. The molecular weight excluding hydrogens is 244 g/mol. The van der Waals surface area contributed by atoms with E-state index in [-0.39, 0.29) is 0 Å². The highest BCUT2D eigenvalue weighted by Gasteiger charge is 2.17. The van der Waals surface area contributed by atoms with Gasteiger partial charge in [-0.15, -0.1) is 11.3 Å². The summed E-state index contributed by atoms with van der Waals surface area (Å²) >= 11 is 1.71. The van der Waals surface area contributed by atoms with Crippen molar-refractivity contribution in [2.24, 2.45) is 0 Å². The van der Waals surface area contributed by atoms with E-state index in [9.17, 15) is 0 Å². The first-order valence-electron chi connectivity index (χ1n) is 6.43. The SMILES string of the molecule is Cc1ncsc1CNC(C)c1cc2n(n1)CCC2. The lowest BCUT2D eigenvalue weighted by molar-refractivity contribution is 0.543. The molecule has 3 rings (SSSR count). The molecule has 3 heterocycles. The molecule has 0 spiro atoms. The molecule has 1 atom stereocenters. The minimum Gasteiger partial charge on any atom is -0.304 e. The summed E-state index contributed by atoms with van der Waals surface area (Å²) < 4.78 is 2.14. The molecule has 4 nitrogen and oxygen atoms in total. The van der Waals surface area contributed by atoms with Crippen molar-refractivity contribution in [2.75, 3.05) is 0 Å². The molecule has 5 heteroatoms. The van der Waals surface area contributed by atoms with Gasteiger partial charge in [-0.25, -0.2) is 4.98 Å². The van der Waals surface area contributed by atoms with Gasteiger partial charge in [0.1, 0.15) is 0 Å². The average Bonchev–Trinajstić information content (AvgIpc) is 3.00. The Morgan fingerprint density at radius 3 is 3.17 bits per heavy atom. The number of aryl methyl sites for hydroxylation is 3. The zero-order valence-corrected chi connectivity index (χ0v) is 11.6. The molecular formula is C13H18N4S. The molecule has 2 aromatic heterocycles. The van der Waals surface area contributed by atoms with Crippen LogP contribution in [0, 0.1) is 6.92 Å². The Bertz CT molecular complexity index is 521. The summed E-state index contributed by atoms with van der Waals surface area (Å²) in [5, 5.41) is 8.18. The van der Waals surface area contributed by atoms with Gasteiger partial charge in [-0.05, 0) is 32.8 Å². The summed E-state index contributed by atoms with van der Waals surface area (Å²) in [6.45, 7) is 6.19. The van der Waals surface area contributed by atoms with Crippen LogP contribution in [0.15, 0.2) is 11.6 Å². The van der Waals surface area contributed by atoms with Crippen molar-refractivity contribution in [3.05, 3.63) is 33.5 Å². The highest BCUT2D eigenvalue weighted by atomic mass is 32.1. The average molecular weight is 262 g/mol. The molecule has 0 aliphatic carbocycles. The summed E-state index contributed by atoms with van der Waals surface area (Å²) in [7, 11) is 0. The van der Waals surface area contributed by atoms with Crippen LogP contribution in [0.4, 0.5) is 0 Å². The minimum absolute atomic E-state index is 0.296. The predicted molar refractivity (Wildman–Crippen MR) is 72.7 cm³/mol. The fourth-order valence-corrected chi connectivity index (χ4v) is 3.07. The van der Waals surface area contributed by atoms with Crippen molar-refractivity contribution in [1.82, 2.24) is 20.1 Å². The van der Waals surface area contributed by atoms with Crippen molar-refractivity contribution in [2.45, 2.75) is 45.8 Å². The molecule has 96 valence electrons. The smallest absolute Gasteiger partial charge is 0.0798 e. The molecule has 0 radical (unpaired) electrons. The lowest BCUT2D eigenvalue weighted by Gasteiger charge is -2.10. The molecule has 0 saturated carbocycles. The summed E-state index contributed by atoms with van der Waals surface area (Å²) in [6, 6.07) is 2.54. The van der Waals surface area contributed by atoms with Crippen molar-refractivity contribution in [1.29, 1.82) is 0 Å². The van der Waals surface area contributed by atoms with Crippen LogP contribution in [-0.2, 0) is 19.5 Å². The Morgan fingerprint density at radius 1 is 1.56 bits per heavy atom. The molecule has 0 amide bonds. The first-order chi connectivity index (χ1) is 8.74. The molecule has 1 aliphatic rings. The van der Waals surface area contributed by atoms with Crippen LogP contribution in [0.25, 0.3) is 0 Å². The fourth-order valence-electron chi connectivity index (χ4n) is 2.34. The zero-order chi connectivity index (χ0) is 12.5. The van der Waals surface area contributed by atoms with E-state index in [1.54, 1.807) is 11.3 Å². The van der Waals surface area contributed by atoms with E-state index in [0.717, 1.165) is 24.5 Å². The van der Waals surface area contributed by atoms with Crippen molar-refractivity contribution >= 4 is 11.3 Å². The number of nitrogens with zero attached hydrogens (tertiary/aromatic N) is 3. The highest BCUT2D eigenvalue weighted by Crippen LogP contribution is 2.20. The molecule has 1 unspecified atom stereocenters. The Morgan fingerprint density at radius 2 is 2.44 bits per heavy atom. The van der Waals surface area contributed by atoms with Crippen LogP contribution < -0.4 is 5.32 Å². The van der Waals surface area contributed by atoms with Gasteiger partial charge >= 0.3 is 0 Å². The number of fused-ring (bicyclic) bond motifs is 1. The summed E-state index contributed by atoms with van der Waals surface area (Å²) in [6.07, 6.45) is 2.41. The van der Waals surface area contributed by atoms with E-state index in [4.69, 9.17) is 0 Å². The standard InChI is InChI=1S/C13H18N4S/c1-9(14-7-13-10(2)15-8-18-13)12-6-11-4-3-5-17(11)16-12/h6,8-9,14H,3-5,7H2,1-2H3. The number of thiazole rings is 1. The van der Waals surface area contributed by atoms with E-state index >= 15 is 0 Å². The van der Waals surface area contributed by atoms with Crippen LogP contribution in [0.5, 0.6) is 0 Å². The Labute approximate surface area is 111 Å². The van der Waals surface area contributed by atoms with E-state index < -0.39 is 0 Å². The molecule has 0 fully saturated rings. The Kier molecular flexibility index (Phi) is 3.18. The highest BCUT2D eigenvalue weighted by molar-refractivity contribution is 7.09. The van der Waals surface area contributed by atoms with E-state index in [2.05, 4.69) is 40.0 Å². The minimum atomic E-state index is 0.296. The normalized spacial score (nSPS) is 15.9. The first kappa shape index (κ1) is 11.9. The molecule has 1 N–H and O–H groups in total. The van der Waals surface area contributed by atoms with Gasteiger partial charge in [-0.3, -0.25) is 4.68 Å². The third-order valence-electron chi connectivity index (χ3n) is 3.54. The second kappa shape index (κ2) is 4.82. The van der Waals surface area contributed by atoms with Crippen molar-refractivity contribution in [3.8, 4) is 0 Å². The van der Waals surface area contributed by atoms with Crippen LogP contribution in [0.1, 0.15) is 41.3 Å². The van der Waals surface area contributed by atoms with Crippen molar-refractivity contribution < 1.29 is 0 Å². The maximum Gasteiger partial charge on any atom is 0.0798 e. The maximum atomic E-state index is 4.66. The molecule has 0 saturated heterocycles. The topological polar surface area (TPSA) is 42.7 Å². The summed E-state index contributed by atoms with van der Waals surface area (Å²) in [4.78, 5) is 5.58. The van der Waals surface area contributed by atoms with E-state index in [1.165, 1.54) is 23.4 Å². The fraction of sp³-hybridized carbons (Fsp3) is 0.538. The van der Waals surface area contributed by atoms with Gasteiger partial charge in [-0.2, -0.15) is 5.10 Å². The lowest BCUT2D eigenvalue weighted by Crippen LogP contribution is -2.18. The Balaban J connectivity index is 1.64. The van der Waals surface area contributed by atoms with Crippen LogP contribution in [0.2, 0.25) is 0 Å². The van der Waals surface area contributed by atoms with Gasteiger partial charge in [0, 0.05) is 29.7 Å². The Hall–Kier alpha value is -1.20. The second-order valence-electron chi connectivity index (χ2n) is 4.85. The second-order valence-corrected chi connectivity index (χ2v) is 5.79. The lowest BCUT2D eigenvalue weighted by atomic mass is 10.2. The number of aromatic nitrogens is 3. The van der Waals surface area contributed by atoms with Gasteiger partial charge in [0.2, 0.25) is 0 Å². The number of hydrogen-bond acceptors (Lipinski definition) is 4. The molecule has 0 aromatic carbocycles. The van der Waals surface area contributed by atoms with Crippen LogP contribution >= 0.6 is 11.3 Å². The third-order valence-corrected chi connectivity index (χ3v) is 4.48. The van der Waals surface area contributed by atoms with Crippen molar-refractivity contribution in [3.63, 3.8) is 0 Å². The van der Waals surface area contributed by atoms with Crippen LogP contribution in [-0.4, -0.2) is 14.8 Å². The molecule has 1 aliphatic heterocycles. The van der Waals surface area contributed by atoms with Gasteiger partial charge in [-0.1, -0.05) is 0 Å². The summed E-state index contributed by atoms with van der Waals surface area (Å²) in [5.74, 6) is 0. The summed E-state index contributed by atoms with van der Waals surface area (Å²) in [5.41, 5.74) is 5.58. The van der Waals surface area contributed by atoms with Crippen LogP contribution in [0.3, 0.4) is 0 Å². The van der Waals surface area contributed by atoms with E-state index in [0.29, 0.717) is 6.04 Å². The number of rotatable bonds is 4. The van der Waals surface area contributed by atoms with Gasteiger partial charge in [0.25, 0.3) is 0 Å². The molecule has 2 aromatic rings. The van der Waals surface area contributed by atoms with Gasteiger partial charge in [0.15, 0.2) is 0 Å². The largest absolute Gasteiger partial charge is 0.304 e. The zero-order valence-electron chi connectivity index (χ0n) is 10.8. The third kappa shape index (κ3) is 2.20.